The van der Waals surface area contributed by atoms with Crippen LogP contribution in [0.4, 0.5) is 11.6 Å². The lowest BCUT2D eigenvalue weighted by atomic mass is 10.1. The van der Waals surface area contributed by atoms with E-state index in [0.717, 1.165) is 30.0 Å². The van der Waals surface area contributed by atoms with Gasteiger partial charge in [-0.2, -0.15) is 11.8 Å². The number of hydrogen-bond donors (Lipinski definition) is 2. The van der Waals surface area contributed by atoms with Gasteiger partial charge in [-0.25, -0.2) is 15.0 Å². The Labute approximate surface area is 168 Å². The third-order valence-corrected chi connectivity index (χ3v) is 6.32. The minimum absolute atomic E-state index is 0. The first kappa shape index (κ1) is 20.1. The summed E-state index contributed by atoms with van der Waals surface area (Å²) in [5, 5.41) is 0.770. The van der Waals surface area contributed by atoms with E-state index in [2.05, 4.69) is 22.9 Å². The topological polar surface area (TPSA) is 112 Å². The fourth-order valence-corrected chi connectivity index (χ4v) is 4.88. The number of halogens is 1. The van der Waals surface area contributed by atoms with Crippen LogP contribution in [0, 0.1) is 0 Å². The van der Waals surface area contributed by atoms with E-state index in [1.54, 1.807) is 12.1 Å². The second-order valence-corrected chi connectivity index (χ2v) is 8.39. The highest BCUT2D eigenvalue weighted by molar-refractivity contribution is 7.99. The Morgan fingerprint density at radius 1 is 1.26 bits per heavy atom. The van der Waals surface area contributed by atoms with Gasteiger partial charge < -0.3 is 21.5 Å². The smallest absolute Gasteiger partial charge is 0.162 e. The highest BCUT2D eigenvalue weighted by atomic mass is 35.5. The molecule has 0 aromatic carbocycles. The van der Waals surface area contributed by atoms with Gasteiger partial charge in [0.15, 0.2) is 5.82 Å². The normalized spacial score (nSPS) is 22.5. The van der Waals surface area contributed by atoms with Gasteiger partial charge in [-0.1, -0.05) is 11.6 Å². The predicted octanol–water partition coefficient (Wildman–Crippen LogP) is 3.73. The van der Waals surface area contributed by atoms with Gasteiger partial charge in [-0.15, -0.1) is 0 Å². The maximum Gasteiger partial charge on any atom is 0.162 e. The monoisotopic (exact) mass is 408 g/mol. The van der Waals surface area contributed by atoms with Crippen molar-refractivity contribution in [3.63, 3.8) is 0 Å². The summed E-state index contributed by atoms with van der Waals surface area (Å²) in [6, 6.07) is 5.96. The summed E-state index contributed by atoms with van der Waals surface area (Å²) in [6.45, 7) is 4.41. The quantitative estimate of drug-likeness (QED) is 0.738. The molecule has 2 aromatic rings. The van der Waals surface area contributed by atoms with Crippen LogP contribution in [-0.4, -0.2) is 46.5 Å². The Bertz CT molecular complexity index is 781. The standard InChI is InChI=1S/C18H22ClN5OS.H3N/c1-11-10-25-5-4-24(11)17-9-13(14-3-2-6-26-14)21-18(23-17)12-7-15(19)22-16(20)8-12;/h7-9,11,14H,2-6,10H2,1H3,(H2,20,22);1H3. The summed E-state index contributed by atoms with van der Waals surface area (Å²) in [6.07, 6.45) is 2.38. The summed E-state index contributed by atoms with van der Waals surface area (Å²) in [7, 11) is 0. The van der Waals surface area contributed by atoms with Crippen molar-refractivity contribution < 1.29 is 4.74 Å². The zero-order valence-corrected chi connectivity index (χ0v) is 17.0. The zero-order valence-electron chi connectivity index (χ0n) is 15.4. The molecule has 0 spiro atoms. The van der Waals surface area contributed by atoms with Crippen molar-refractivity contribution in [2.75, 3.05) is 36.1 Å². The van der Waals surface area contributed by atoms with Gasteiger partial charge in [0.2, 0.25) is 0 Å². The summed E-state index contributed by atoms with van der Waals surface area (Å²) in [5.74, 6) is 3.15. The van der Waals surface area contributed by atoms with Gasteiger partial charge in [-0.05, 0) is 37.7 Å². The molecule has 146 valence electrons. The lowest BCUT2D eigenvalue weighted by molar-refractivity contribution is 0.0985. The van der Waals surface area contributed by atoms with Gasteiger partial charge in [0.1, 0.15) is 16.8 Å². The highest BCUT2D eigenvalue weighted by Gasteiger charge is 2.25. The maximum absolute atomic E-state index is 6.10. The molecule has 2 saturated heterocycles. The molecular weight excluding hydrogens is 384 g/mol. The second-order valence-electron chi connectivity index (χ2n) is 6.70. The fourth-order valence-electron chi connectivity index (χ4n) is 3.42. The first-order valence-electron chi connectivity index (χ1n) is 8.88. The van der Waals surface area contributed by atoms with Crippen molar-refractivity contribution in [1.29, 1.82) is 0 Å². The number of ether oxygens (including phenoxy) is 1. The van der Waals surface area contributed by atoms with Crippen molar-refractivity contribution in [2.45, 2.75) is 31.1 Å². The van der Waals surface area contributed by atoms with E-state index >= 15 is 0 Å². The molecule has 9 heteroatoms. The number of nitrogens with two attached hydrogens (primary N) is 1. The molecule has 7 nitrogen and oxygen atoms in total. The Morgan fingerprint density at radius 2 is 2.11 bits per heavy atom. The van der Waals surface area contributed by atoms with Crippen LogP contribution >= 0.6 is 23.4 Å². The lowest BCUT2D eigenvalue weighted by Crippen LogP contribution is -2.44. The van der Waals surface area contributed by atoms with Crippen LogP contribution in [-0.2, 0) is 4.74 Å². The summed E-state index contributed by atoms with van der Waals surface area (Å²) in [4.78, 5) is 16.0. The Balaban J connectivity index is 0.00000210. The van der Waals surface area contributed by atoms with Gasteiger partial charge in [0, 0.05) is 23.4 Å². The molecule has 4 heterocycles. The van der Waals surface area contributed by atoms with Gasteiger partial charge in [0.05, 0.1) is 24.9 Å². The molecule has 0 bridgehead atoms. The highest BCUT2D eigenvalue weighted by Crippen LogP contribution is 2.40. The van der Waals surface area contributed by atoms with Gasteiger partial charge in [0.25, 0.3) is 0 Å². The molecule has 0 saturated carbocycles. The number of rotatable bonds is 3. The van der Waals surface area contributed by atoms with Crippen LogP contribution in [0.15, 0.2) is 18.2 Å². The Hall–Kier alpha value is -1.61. The molecule has 2 fully saturated rings. The van der Waals surface area contributed by atoms with Crippen LogP contribution in [0.1, 0.15) is 30.7 Å². The molecule has 2 atom stereocenters. The molecule has 2 unspecified atom stereocenters. The third kappa shape index (κ3) is 4.45. The van der Waals surface area contributed by atoms with Gasteiger partial charge >= 0.3 is 0 Å². The number of hydrogen-bond acceptors (Lipinski definition) is 8. The zero-order chi connectivity index (χ0) is 18.1. The van der Waals surface area contributed by atoms with Crippen LogP contribution in [0.3, 0.4) is 0 Å². The van der Waals surface area contributed by atoms with Crippen molar-refractivity contribution in [3.8, 4) is 11.4 Å². The fraction of sp³-hybridized carbons (Fsp3) is 0.500. The van der Waals surface area contributed by atoms with E-state index in [9.17, 15) is 0 Å². The van der Waals surface area contributed by atoms with Gasteiger partial charge in [-0.3, -0.25) is 0 Å². The average Bonchev–Trinajstić information content (AvgIpc) is 3.16. The first-order chi connectivity index (χ1) is 12.6. The van der Waals surface area contributed by atoms with Crippen LogP contribution in [0.25, 0.3) is 11.4 Å². The average molecular weight is 409 g/mol. The lowest BCUT2D eigenvalue weighted by Gasteiger charge is -2.34. The molecule has 0 amide bonds. The molecule has 5 N–H and O–H groups in total. The molecular formula is C18H25ClN6OS. The molecule has 2 aromatic heterocycles. The number of thioether (sulfide) groups is 1. The van der Waals surface area contributed by atoms with E-state index in [4.69, 9.17) is 32.0 Å². The third-order valence-electron chi connectivity index (χ3n) is 4.73. The molecule has 2 aliphatic heterocycles. The second kappa shape index (κ2) is 8.60. The number of anilines is 2. The SMILES string of the molecule is CC1COCCN1c1cc(C2CCCS2)nc(-c2cc(N)nc(Cl)c2)n1.N. The number of pyridine rings is 1. The molecule has 27 heavy (non-hydrogen) atoms. The van der Waals surface area contributed by atoms with E-state index in [0.29, 0.717) is 35.3 Å². The largest absolute Gasteiger partial charge is 0.384 e. The van der Waals surface area contributed by atoms with E-state index < -0.39 is 0 Å². The predicted molar refractivity (Wildman–Crippen MR) is 112 cm³/mol. The molecule has 0 aliphatic carbocycles. The van der Waals surface area contributed by atoms with E-state index in [1.165, 1.54) is 12.2 Å². The summed E-state index contributed by atoms with van der Waals surface area (Å²) >= 11 is 8.07. The number of nitrogens with zero attached hydrogens (tertiary/aromatic N) is 4. The van der Waals surface area contributed by atoms with Crippen LogP contribution in [0.5, 0.6) is 0 Å². The van der Waals surface area contributed by atoms with E-state index in [-0.39, 0.29) is 12.2 Å². The summed E-state index contributed by atoms with van der Waals surface area (Å²) < 4.78 is 5.58. The van der Waals surface area contributed by atoms with Crippen molar-refractivity contribution in [3.05, 3.63) is 29.0 Å². The van der Waals surface area contributed by atoms with Crippen molar-refractivity contribution in [2.24, 2.45) is 0 Å². The van der Waals surface area contributed by atoms with Crippen molar-refractivity contribution in [1.82, 2.24) is 21.1 Å². The summed E-state index contributed by atoms with van der Waals surface area (Å²) in [5.41, 5.74) is 7.76. The first-order valence-corrected chi connectivity index (χ1v) is 10.3. The Morgan fingerprint density at radius 3 is 2.81 bits per heavy atom. The minimum Gasteiger partial charge on any atom is -0.384 e. The minimum atomic E-state index is 0. The van der Waals surface area contributed by atoms with E-state index in [1.807, 2.05) is 11.8 Å². The number of morpholine rings is 1. The van der Waals surface area contributed by atoms with Crippen LogP contribution in [0.2, 0.25) is 5.15 Å². The number of nitrogen functional groups attached to an aromatic ring is 1. The maximum atomic E-state index is 6.10. The molecule has 2 aliphatic rings. The van der Waals surface area contributed by atoms with Crippen LogP contribution < -0.4 is 16.8 Å². The Kier molecular flexibility index (Phi) is 6.41. The van der Waals surface area contributed by atoms with Crippen molar-refractivity contribution >= 4 is 35.0 Å². The molecule has 0 radical (unpaired) electrons. The number of aromatic nitrogens is 3. The molecule has 4 rings (SSSR count).